The Morgan fingerprint density at radius 1 is 1.58 bits per heavy atom. The molecule has 0 fully saturated rings. The lowest BCUT2D eigenvalue weighted by molar-refractivity contribution is -0.139. The van der Waals surface area contributed by atoms with Gasteiger partial charge in [0.05, 0.1) is 12.0 Å². The first kappa shape index (κ1) is 12.8. The van der Waals surface area contributed by atoms with E-state index in [4.69, 9.17) is 9.63 Å². The van der Waals surface area contributed by atoms with Crippen LogP contribution < -0.4 is 5.32 Å². The van der Waals surface area contributed by atoms with E-state index in [1.807, 2.05) is 0 Å². The molecule has 8 nitrogen and oxygen atoms in total. The van der Waals surface area contributed by atoms with Gasteiger partial charge in [-0.05, 0) is 6.92 Å². The van der Waals surface area contributed by atoms with Gasteiger partial charge in [0.15, 0.2) is 0 Å². The molecule has 3 N–H and O–H groups in total. The van der Waals surface area contributed by atoms with E-state index in [-0.39, 0.29) is 12.2 Å². The summed E-state index contributed by atoms with van der Waals surface area (Å²) in [6, 6.07) is 0.364. The van der Waals surface area contributed by atoms with Gasteiger partial charge in [-0.3, -0.25) is 4.79 Å². The van der Waals surface area contributed by atoms with Crippen LogP contribution in [0.15, 0.2) is 23.1 Å². The van der Waals surface area contributed by atoms with Crippen LogP contribution in [0.1, 0.15) is 21.9 Å². The maximum absolute atomic E-state index is 11.8. The van der Waals surface area contributed by atoms with Crippen molar-refractivity contribution in [3.63, 3.8) is 0 Å². The molecular formula is C11H12N4O4. The van der Waals surface area contributed by atoms with E-state index in [1.165, 1.54) is 18.6 Å². The highest BCUT2D eigenvalue weighted by molar-refractivity contribution is 5.94. The highest BCUT2D eigenvalue weighted by Gasteiger charge is 2.23. The van der Waals surface area contributed by atoms with Crippen molar-refractivity contribution in [2.45, 2.75) is 19.4 Å². The Hall–Kier alpha value is -2.64. The minimum Gasteiger partial charge on any atom is -0.480 e. The molecule has 0 aromatic carbocycles. The maximum Gasteiger partial charge on any atom is 0.326 e. The van der Waals surface area contributed by atoms with E-state index in [1.54, 1.807) is 6.92 Å². The van der Waals surface area contributed by atoms with Gasteiger partial charge in [-0.2, -0.15) is 0 Å². The zero-order valence-corrected chi connectivity index (χ0v) is 10.1. The smallest absolute Gasteiger partial charge is 0.326 e. The number of nitrogens with one attached hydrogen (secondary N) is 2. The van der Waals surface area contributed by atoms with Crippen molar-refractivity contribution in [2.75, 3.05) is 0 Å². The Bertz CT molecular complexity index is 575. The molecule has 0 radical (unpaired) electrons. The Morgan fingerprint density at radius 3 is 2.89 bits per heavy atom. The number of carbonyl (C=O) groups excluding carboxylic acids is 1. The van der Waals surface area contributed by atoms with Gasteiger partial charge in [-0.25, -0.2) is 9.78 Å². The van der Waals surface area contributed by atoms with E-state index < -0.39 is 17.9 Å². The highest BCUT2D eigenvalue weighted by Crippen LogP contribution is 2.04. The zero-order valence-electron chi connectivity index (χ0n) is 10.1. The normalized spacial score (nSPS) is 12.1. The molecule has 0 unspecified atom stereocenters. The predicted octanol–water partition coefficient (Wildman–Crippen LogP) is 0.132. The molecule has 2 aromatic heterocycles. The average molecular weight is 264 g/mol. The number of H-pyrrole nitrogens is 1. The summed E-state index contributed by atoms with van der Waals surface area (Å²) < 4.78 is 4.77. The molecule has 0 aliphatic rings. The summed E-state index contributed by atoms with van der Waals surface area (Å²) in [5.74, 6) is -1.78. The van der Waals surface area contributed by atoms with Gasteiger partial charge in [0.1, 0.15) is 6.04 Å². The van der Waals surface area contributed by atoms with Crippen molar-refractivity contribution < 1.29 is 19.2 Å². The van der Waals surface area contributed by atoms with Crippen LogP contribution in [0.2, 0.25) is 0 Å². The van der Waals surface area contributed by atoms with Gasteiger partial charge in [0, 0.05) is 24.4 Å². The average Bonchev–Trinajstić information content (AvgIpc) is 2.99. The second-order valence-corrected chi connectivity index (χ2v) is 3.98. The fourth-order valence-corrected chi connectivity index (χ4v) is 1.52. The highest BCUT2D eigenvalue weighted by atomic mass is 16.5. The molecule has 0 aliphatic heterocycles. The van der Waals surface area contributed by atoms with E-state index in [0.29, 0.717) is 11.4 Å². The number of carboxylic acids is 1. The zero-order chi connectivity index (χ0) is 13.8. The van der Waals surface area contributed by atoms with Gasteiger partial charge in [-0.1, -0.05) is 5.16 Å². The number of aryl methyl sites for hydroxylation is 1. The fraction of sp³-hybridized carbons (Fsp3) is 0.273. The molecule has 19 heavy (non-hydrogen) atoms. The van der Waals surface area contributed by atoms with Gasteiger partial charge in [-0.15, -0.1) is 0 Å². The second kappa shape index (κ2) is 5.34. The van der Waals surface area contributed by atoms with Crippen LogP contribution in [0.3, 0.4) is 0 Å². The number of aromatic nitrogens is 3. The third-order valence-corrected chi connectivity index (χ3v) is 2.43. The predicted molar refractivity (Wildman–Crippen MR) is 62.4 cm³/mol. The molecule has 1 amide bonds. The minimum atomic E-state index is -1.14. The SMILES string of the molecule is Cc1cc(C(=O)N[C@H](Cc2cnc[nH]2)C(=O)O)on1. The first-order chi connectivity index (χ1) is 9.06. The van der Waals surface area contributed by atoms with Crippen LogP contribution >= 0.6 is 0 Å². The van der Waals surface area contributed by atoms with E-state index in [2.05, 4.69) is 20.4 Å². The number of imidazole rings is 1. The monoisotopic (exact) mass is 264 g/mol. The fourth-order valence-electron chi connectivity index (χ4n) is 1.52. The van der Waals surface area contributed by atoms with Gasteiger partial charge >= 0.3 is 5.97 Å². The second-order valence-electron chi connectivity index (χ2n) is 3.98. The van der Waals surface area contributed by atoms with E-state index in [0.717, 1.165) is 0 Å². The van der Waals surface area contributed by atoms with Crippen LogP contribution in [-0.2, 0) is 11.2 Å². The van der Waals surface area contributed by atoms with Crippen molar-refractivity contribution in [3.8, 4) is 0 Å². The topological polar surface area (TPSA) is 121 Å². The number of amides is 1. The Labute approximate surface area is 107 Å². The van der Waals surface area contributed by atoms with Crippen LogP contribution in [0.5, 0.6) is 0 Å². The summed E-state index contributed by atoms with van der Waals surface area (Å²) in [4.78, 5) is 29.4. The largest absolute Gasteiger partial charge is 0.480 e. The first-order valence-corrected chi connectivity index (χ1v) is 5.50. The molecule has 0 aliphatic carbocycles. The Balaban J connectivity index is 2.04. The van der Waals surface area contributed by atoms with Gasteiger partial charge in [0.25, 0.3) is 5.91 Å². The summed E-state index contributed by atoms with van der Waals surface area (Å²) in [5.41, 5.74) is 1.16. The number of carboxylic acid groups (broad SMARTS) is 1. The standard InChI is InChI=1S/C11H12N4O4/c1-6-2-9(19-15-6)10(16)14-8(11(17)18)3-7-4-12-5-13-7/h2,4-5,8H,3H2,1H3,(H,12,13)(H,14,16)(H,17,18)/t8-/m1/s1. The van der Waals surface area contributed by atoms with Crippen LogP contribution in [0.4, 0.5) is 0 Å². The lowest BCUT2D eigenvalue weighted by Crippen LogP contribution is -2.42. The van der Waals surface area contributed by atoms with Crippen LogP contribution in [0, 0.1) is 6.92 Å². The molecule has 0 spiro atoms. The quantitative estimate of drug-likeness (QED) is 0.705. The molecule has 0 saturated carbocycles. The number of nitrogens with zero attached hydrogens (tertiary/aromatic N) is 2. The molecule has 100 valence electrons. The summed E-state index contributed by atoms with van der Waals surface area (Å²) in [6.07, 6.45) is 3.05. The molecule has 1 atom stereocenters. The third kappa shape index (κ3) is 3.18. The molecule has 8 heteroatoms. The number of rotatable bonds is 5. The summed E-state index contributed by atoms with van der Waals surface area (Å²) >= 11 is 0. The van der Waals surface area contributed by atoms with Crippen molar-refractivity contribution in [3.05, 3.63) is 35.7 Å². The summed E-state index contributed by atoms with van der Waals surface area (Å²) in [5, 5.41) is 15.0. The molecule has 0 bridgehead atoms. The lowest BCUT2D eigenvalue weighted by atomic mass is 10.1. The van der Waals surface area contributed by atoms with Crippen LogP contribution in [-0.4, -0.2) is 38.1 Å². The van der Waals surface area contributed by atoms with Crippen molar-refractivity contribution in [2.24, 2.45) is 0 Å². The Kier molecular flexibility index (Phi) is 3.60. The summed E-state index contributed by atoms with van der Waals surface area (Å²) in [7, 11) is 0. The number of hydrogen-bond donors (Lipinski definition) is 3. The van der Waals surface area contributed by atoms with E-state index >= 15 is 0 Å². The first-order valence-electron chi connectivity index (χ1n) is 5.50. The minimum absolute atomic E-state index is 0.0200. The van der Waals surface area contributed by atoms with Crippen molar-refractivity contribution >= 4 is 11.9 Å². The van der Waals surface area contributed by atoms with Gasteiger partial charge < -0.3 is 19.9 Å². The lowest BCUT2D eigenvalue weighted by Gasteiger charge is -2.12. The number of aromatic amines is 1. The van der Waals surface area contributed by atoms with Crippen molar-refractivity contribution in [1.29, 1.82) is 0 Å². The molecule has 2 heterocycles. The molecular weight excluding hydrogens is 252 g/mol. The number of aliphatic carboxylic acids is 1. The number of carbonyl (C=O) groups is 2. The van der Waals surface area contributed by atoms with Gasteiger partial charge in [0.2, 0.25) is 5.76 Å². The maximum atomic E-state index is 11.8. The summed E-state index contributed by atoms with van der Waals surface area (Å²) in [6.45, 7) is 1.67. The number of hydrogen-bond acceptors (Lipinski definition) is 5. The molecule has 0 saturated heterocycles. The molecule has 2 rings (SSSR count). The third-order valence-electron chi connectivity index (χ3n) is 2.43. The molecule has 2 aromatic rings. The Morgan fingerprint density at radius 2 is 2.37 bits per heavy atom. The van der Waals surface area contributed by atoms with E-state index in [9.17, 15) is 9.59 Å². The van der Waals surface area contributed by atoms with Crippen molar-refractivity contribution in [1.82, 2.24) is 20.4 Å². The van der Waals surface area contributed by atoms with Crippen LogP contribution in [0.25, 0.3) is 0 Å².